The lowest BCUT2D eigenvalue weighted by Gasteiger charge is -2.17. The summed E-state index contributed by atoms with van der Waals surface area (Å²) >= 11 is 0. The van der Waals surface area contributed by atoms with Crippen molar-refractivity contribution in [1.82, 2.24) is 5.32 Å². The summed E-state index contributed by atoms with van der Waals surface area (Å²) in [5, 5.41) is 6.15. The summed E-state index contributed by atoms with van der Waals surface area (Å²) in [5.41, 5.74) is 0.619. The molecular weight excluding hydrogens is 256 g/mol. The third kappa shape index (κ3) is 5.09. The van der Waals surface area contributed by atoms with Crippen molar-refractivity contribution in [3.05, 3.63) is 18.2 Å². The average molecular weight is 280 g/mol. The van der Waals surface area contributed by atoms with E-state index in [9.17, 15) is 4.79 Å². The van der Waals surface area contributed by atoms with E-state index in [0.29, 0.717) is 29.6 Å². The van der Waals surface area contributed by atoms with Crippen molar-refractivity contribution in [2.45, 2.75) is 39.3 Å². The number of hydrogen-bond donors (Lipinski definition) is 2. The fraction of sp³-hybridized carbons (Fsp3) is 0.533. The molecule has 0 fully saturated rings. The molecule has 5 heteroatoms. The van der Waals surface area contributed by atoms with Crippen molar-refractivity contribution in [2.24, 2.45) is 0 Å². The van der Waals surface area contributed by atoms with Gasteiger partial charge in [0.15, 0.2) is 0 Å². The quantitative estimate of drug-likeness (QED) is 0.805. The van der Waals surface area contributed by atoms with E-state index in [2.05, 4.69) is 24.5 Å². The van der Waals surface area contributed by atoms with Gasteiger partial charge in [-0.1, -0.05) is 13.8 Å². The fourth-order valence-corrected chi connectivity index (χ4v) is 2.02. The van der Waals surface area contributed by atoms with Crippen LogP contribution in [0.4, 0.5) is 5.69 Å². The van der Waals surface area contributed by atoms with Crippen LogP contribution in [0, 0.1) is 0 Å². The minimum atomic E-state index is -0.0581. The average Bonchev–Trinajstić information content (AvgIpc) is 2.37. The molecule has 0 saturated carbocycles. The van der Waals surface area contributed by atoms with Crippen LogP contribution in [0.1, 0.15) is 27.2 Å². The predicted molar refractivity (Wildman–Crippen MR) is 80.5 cm³/mol. The van der Waals surface area contributed by atoms with Crippen molar-refractivity contribution < 1.29 is 14.3 Å². The van der Waals surface area contributed by atoms with Gasteiger partial charge in [-0.05, 0) is 19.1 Å². The van der Waals surface area contributed by atoms with Gasteiger partial charge in [-0.25, -0.2) is 0 Å². The Morgan fingerprint density at radius 2 is 1.90 bits per heavy atom. The van der Waals surface area contributed by atoms with Gasteiger partial charge < -0.3 is 20.1 Å². The van der Waals surface area contributed by atoms with Crippen LogP contribution in [0.15, 0.2) is 18.2 Å². The van der Waals surface area contributed by atoms with Crippen molar-refractivity contribution in [2.75, 3.05) is 19.5 Å². The summed E-state index contributed by atoms with van der Waals surface area (Å²) in [5.74, 6) is 1.23. The molecule has 0 saturated heterocycles. The Morgan fingerprint density at radius 1 is 1.20 bits per heavy atom. The van der Waals surface area contributed by atoms with Crippen LogP contribution < -0.4 is 20.1 Å². The van der Waals surface area contributed by atoms with E-state index < -0.39 is 0 Å². The highest BCUT2D eigenvalue weighted by molar-refractivity contribution is 5.92. The molecule has 1 atom stereocenters. The Hall–Kier alpha value is -1.75. The molecule has 1 rings (SSSR count). The maximum Gasteiger partial charge on any atom is 0.226 e. The van der Waals surface area contributed by atoms with Gasteiger partial charge in [0, 0.05) is 24.6 Å². The van der Waals surface area contributed by atoms with Gasteiger partial charge in [0.05, 0.1) is 19.9 Å². The Kier molecular flexibility index (Phi) is 6.31. The number of methoxy groups -OCH3 is 2. The number of benzene rings is 1. The zero-order valence-electron chi connectivity index (χ0n) is 12.8. The second-order valence-corrected chi connectivity index (χ2v) is 5.04. The largest absolute Gasteiger partial charge is 0.497 e. The molecule has 0 heterocycles. The normalized spacial score (nSPS) is 12.1. The van der Waals surface area contributed by atoms with Gasteiger partial charge in [0.25, 0.3) is 0 Å². The third-order valence-electron chi connectivity index (χ3n) is 2.79. The first-order valence-electron chi connectivity index (χ1n) is 6.74. The molecule has 2 N–H and O–H groups in total. The molecular formula is C15H24N2O3. The van der Waals surface area contributed by atoms with E-state index >= 15 is 0 Å². The van der Waals surface area contributed by atoms with Gasteiger partial charge in [0.2, 0.25) is 5.91 Å². The number of carbonyl (C=O) groups is 1. The molecule has 5 nitrogen and oxygen atoms in total. The van der Waals surface area contributed by atoms with Crippen molar-refractivity contribution in [3.63, 3.8) is 0 Å². The van der Waals surface area contributed by atoms with Gasteiger partial charge in [-0.3, -0.25) is 4.79 Å². The first-order chi connectivity index (χ1) is 9.46. The van der Waals surface area contributed by atoms with Gasteiger partial charge >= 0.3 is 0 Å². The summed E-state index contributed by atoms with van der Waals surface area (Å²) in [6.45, 7) is 6.10. The summed E-state index contributed by atoms with van der Waals surface area (Å²) in [6, 6.07) is 5.77. The smallest absolute Gasteiger partial charge is 0.226 e. The highest BCUT2D eigenvalue weighted by atomic mass is 16.5. The van der Waals surface area contributed by atoms with E-state index in [0.717, 1.165) is 0 Å². The standard InChI is InChI=1S/C15H24N2O3/c1-10(2)16-11(3)8-15(18)17-13-9-12(19-4)6-7-14(13)20-5/h6-7,9-11,16H,8H2,1-5H3,(H,17,18). The minimum absolute atomic E-state index is 0.0581. The van der Waals surface area contributed by atoms with Crippen molar-refractivity contribution in [1.29, 1.82) is 0 Å². The van der Waals surface area contributed by atoms with Crippen LogP contribution >= 0.6 is 0 Å². The van der Waals surface area contributed by atoms with E-state index in [1.165, 1.54) is 0 Å². The molecule has 0 aliphatic carbocycles. The molecule has 0 spiro atoms. The van der Waals surface area contributed by atoms with E-state index in [-0.39, 0.29) is 11.9 Å². The van der Waals surface area contributed by atoms with Crippen LogP contribution in [0.2, 0.25) is 0 Å². The van der Waals surface area contributed by atoms with Crippen molar-refractivity contribution >= 4 is 11.6 Å². The van der Waals surface area contributed by atoms with E-state index in [1.807, 2.05) is 6.92 Å². The second kappa shape index (κ2) is 7.75. The highest BCUT2D eigenvalue weighted by Crippen LogP contribution is 2.28. The van der Waals surface area contributed by atoms with Gasteiger partial charge in [-0.2, -0.15) is 0 Å². The molecule has 0 bridgehead atoms. The van der Waals surface area contributed by atoms with Gasteiger partial charge in [-0.15, -0.1) is 0 Å². The second-order valence-electron chi connectivity index (χ2n) is 5.04. The number of amides is 1. The molecule has 0 aliphatic rings. The summed E-state index contributed by atoms with van der Waals surface area (Å²) in [7, 11) is 3.16. The lowest BCUT2D eigenvalue weighted by Crippen LogP contribution is -2.35. The summed E-state index contributed by atoms with van der Waals surface area (Å²) in [4.78, 5) is 12.0. The lowest BCUT2D eigenvalue weighted by atomic mass is 10.2. The molecule has 20 heavy (non-hydrogen) atoms. The number of ether oxygens (including phenoxy) is 2. The Labute approximate surface area is 120 Å². The third-order valence-corrected chi connectivity index (χ3v) is 2.79. The maximum absolute atomic E-state index is 12.0. The molecule has 1 amide bonds. The number of hydrogen-bond acceptors (Lipinski definition) is 4. The zero-order chi connectivity index (χ0) is 15.1. The molecule has 1 aromatic carbocycles. The number of anilines is 1. The van der Waals surface area contributed by atoms with Crippen LogP contribution in [-0.2, 0) is 4.79 Å². The first-order valence-corrected chi connectivity index (χ1v) is 6.74. The molecule has 1 unspecified atom stereocenters. The number of nitrogens with one attached hydrogen (secondary N) is 2. The Bertz CT molecular complexity index is 447. The molecule has 1 aromatic rings. The lowest BCUT2D eigenvalue weighted by molar-refractivity contribution is -0.116. The highest BCUT2D eigenvalue weighted by Gasteiger charge is 2.13. The van der Waals surface area contributed by atoms with Gasteiger partial charge in [0.1, 0.15) is 11.5 Å². The zero-order valence-corrected chi connectivity index (χ0v) is 12.8. The monoisotopic (exact) mass is 280 g/mol. The first kappa shape index (κ1) is 16.3. The van der Waals surface area contributed by atoms with Crippen LogP contribution in [0.3, 0.4) is 0 Å². The summed E-state index contributed by atoms with van der Waals surface area (Å²) in [6.07, 6.45) is 0.401. The topological polar surface area (TPSA) is 59.6 Å². The van der Waals surface area contributed by atoms with Crippen LogP contribution in [-0.4, -0.2) is 32.2 Å². The van der Waals surface area contributed by atoms with E-state index in [1.54, 1.807) is 32.4 Å². The van der Waals surface area contributed by atoms with Crippen molar-refractivity contribution in [3.8, 4) is 11.5 Å². The Balaban J connectivity index is 2.69. The molecule has 0 radical (unpaired) electrons. The van der Waals surface area contributed by atoms with E-state index in [4.69, 9.17) is 9.47 Å². The minimum Gasteiger partial charge on any atom is -0.497 e. The number of rotatable bonds is 7. The SMILES string of the molecule is COc1ccc(OC)c(NC(=O)CC(C)NC(C)C)c1. The molecule has 112 valence electrons. The molecule has 0 aliphatic heterocycles. The number of carbonyl (C=O) groups excluding carboxylic acids is 1. The van der Waals surface area contributed by atoms with Crippen LogP contribution in [0.25, 0.3) is 0 Å². The molecule has 0 aromatic heterocycles. The predicted octanol–water partition coefficient (Wildman–Crippen LogP) is 2.42. The fourth-order valence-electron chi connectivity index (χ4n) is 2.02. The Morgan fingerprint density at radius 3 is 2.45 bits per heavy atom. The maximum atomic E-state index is 12.0. The van der Waals surface area contributed by atoms with Crippen LogP contribution in [0.5, 0.6) is 11.5 Å². The summed E-state index contributed by atoms with van der Waals surface area (Å²) < 4.78 is 10.4.